The van der Waals surface area contributed by atoms with Crippen molar-refractivity contribution in [3.63, 3.8) is 0 Å². The SMILES string of the molecule is CC(C)CC(N)C1=NC(C)(C)CO1. The molecule has 3 nitrogen and oxygen atoms in total. The molecule has 2 N–H and O–H groups in total. The van der Waals surface area contributed by atoms with Crippen LogP contribution in [0.15, 0.2) is 4.99 Å². The van der Waals surface area contributed by atoms with Crippen LogP contribution in [0.4, 0.5) is 0 Å². The molecule has 0 spiro atoms. The van der Waals surface area contributed by atoms with Gasteiger partial charge < -0.3 is 10.5 Å². The summed E-state index contributed by atoms with van der Waals surface area (Å²) >= 11 is 0. The summed E-state index contributed by atoms with van der Waals surface area (Å²) in [6.07, 6.45) is 0.939. The minimum absolute atomic E-state index is 0.0261. The highest BCUT2D eigenvalue weighted by Crippen LogP contribution is 2.19. The van der Waals surface area contributed by atoms with Crippen LogP contribution in [0.2, 0.25) is 0 Å². The van der Waals surface area contributed by atoms with Crippen molar-refractivity contribution >= 4 is 5.90 Å². The van der Waals surface area contributed by atoms with Crippen LogP contribution in [-0.2, 0) is 4.74 Å². The molecule has 0 bridgehead atoms. The van der Waals surface area contributed by atoms with E-state index in [1.54, 1.807) is 0 Å². The Bertz CT molecular complexity index is 209. The van der Waals surface area contributed by atoms with Crippen LogP contribution < -0.4 is 5.73 Å². The zero-order valence-electron chi connectivity index (χ0n) is 9.00. The van der Waals surface area contributed by atoms with Crippen LogP contribution in [0.5, 0.6) is 0 Å². The summed E-state index contributed by atoms with van der Waals surface area (Å²) in [4.78, 5) is 4.44. The van der Waals surface area contributed by atoms with Gasteiger partial charge in [-0.1, -0.05) is 13.8 Å². The molecule has 0 aliphatic carbocycles. The molecule has 76 valence electrons. The minimum atomic E-state index is -0.0794. The summed E-state index contributed by atoms with van der Waals surface area (Å²) in [7, 11) is 0. The highest BCUT2D eigenvalue weighted by molar-refractivity contribution is 5.83. The molecular formula is C10H20N2O. The van der Waals surface area contributed by atoms with Crippen molar-refractivity contribution in [1.82, 2.24) is 0 Å². The summed E-state index contributed by atoms with van der Waals surface area (Å²) < 4.78 is 5.46. The number of nitrogens with two attached hydrogens (primary N) is 1. The number of aliphatic imine (C=N–C) groups is 1. The maximum atomic E-state index is 5.95. The van der Waals surface area contributed by atoms with E-state index in [4.69, 9.17) is 10.5 Å². The fourth-order valence-corrected chi connectivity index (χ4v) is 1.41. The van der Waals surface area contributed by atoms with Crippen LogP contribution in [0, 0.1) is 5.92 Å². The van der Waals surface area contributed by atoms with E-state index in [0.29, 0.717) is 12.5 Å². The maximum Gasteiger partial charge on any atom is 0.201 e. The van der Waals surface area contributed by atoms with Gasteiger partial charge in [0.05, 0.1) is 11.6 Å². The Kier molecular flexibility index (Phi) is 2.96. The molecule has 0 aromatic carbocycles. The lowest BCUT2D eigenvalue weighted by atomic mass is 10.0. The second-order valence-electron chi connectivity index (χ2n) is 4.79. The lowest BCUT2D eigenvalue weighted by molar-refractivity contribution is 0.268. The Balaban J connectivity index is 2.54. The molecule has 1 aliphatic heterocycles. The van der Waals surface area contributed by atoms with Gasteiger partial charge in [0, 0.05) is 0 Å². The molecular weight excluding hydrogens is 164 g/mol. The largest absolute Gasteiger partial charge is 0.477 e. The Labute approximate surface area is 80.4 Å². The van der Waals surface area contributed by atoms with E-state index in [1.165, 1.54) is 0 Å². The first kappa shape index (κ1) is 10.5. The zero-order valence-corrected chi connectivity index (χ0v) is 9.00. The first-order valence-electron chi connectivity index (χ1n) is 4.89. The summed E-state index contributed by atoms with van der Waals surface area (Å²) in [6, 6.07) is -0.0261. The van der Waals surface area contributed by atoms with Crippen LogP contribution in [0.1, 0.15) is 34.1 Å². The lowest BCUT2D eigenvalue weighted by Gasteiger charge is -2.12. The first-order chi connectivity index (χ1) is 5.91. The normalized spacial score (nSPS) is 22.8. The van der Waals surface area contributed by atoms with Gasteiger partial charge in [-0.3, -0.25) is 0 Å². The Morgan fingerprint density at radius 2 is 2.15 bits per heavy atom. The van der Waals surface area contributed by atoms with Crippen LogP contribution in [0.25, 0.3) is 0 Å². The highest BCUT2D eigenvalue weighted by Gasteiger charge is 2.29. The number of nitrogens with zero attached hydrogens (tertiary/aromatic N) is 1. The minimum Gasteiger partial charge on any atom is -0.477 e. The van der Waals surface area contributed by atoms with Gasteiger partial charge in [0.15, 0.2) is 0 Å². The molecule has 1 heterocycles. The van der Waals surface area contributed by atoms with E-state index in [-0.39, 0.29) is 11.6 Å². The van der Waals surface area contributed by atoms with Crippen molar-refractivity contribution in [3.05, 3.63) is 0 Å². The van der Waals surface area contributed by atoms with Gasteiger partial charge in [-0.25, -0.2) is 4.99 Å². The van der Waals surface area contributed by atoms with Gasteiger partial charge in [-0.05, 0) is 26.2 Å². The van der Waals surface area contributed by atoms with Crippen LogP contribution in [-0.4, -0.2) is 24.1 Å². The molecule has 1 aliphatic rings. The highest BCUT2D eigenvalue weighted by atomic mass is 16.5. The second kappa shape index (κ2) is 3.66. The van der Waals surface area contributed by atoms with E-state index in [0.717, 1.165) is 12.3 Å². The van der Waals surface area contributed by atoms with E-state index in [2.05, 4.69) is 32.7 Å². The van der Waals surface area contributed by atoms with Gasteiger partial charge >= 0.3 is 0 Å². The molecule has 1 unspecified atom stereocenters. The Morgan fingerprint density at radius 3 is 2.54 bits per heavy atom. The van der Waals surface area contributed by atoms with Gasteiger partial charge in [-0.2, -0.15) is 0 Å². The van der Waals surface area contributed by atoms with E-state index in [9.17, 15) is 0 Å². The smallest absolute Gasteiger partial charge is 0.201 e. The zero-order chi connectivity index (χ0) is 10.1. The monoisotopic (exact) mass is 184 g/mol. The van der Waals surface area contributed by atoms with Gasteiger partial charge in [0.2, 0.25) is 5.90 Å². The molecule has 0 radical (unpaired) electrons. The molecule has 0 saturated carbocycles. The molecule has 0 aromatic rings. The standard InChI is InChI=1S/C10H20N2O/c1-7(2)5-8(11)9-12-10(3,4)6-13-9/h7-8H,5-6,11H2,1-4H3. The second-order valence-corrected chi connectivity index (χ2v) is 4.79. The van der Waals surface area contributed by atoms with Gasteiger partial charge in [-0.15, -0.1) is 0 Å². The topological polar surface area (TPSA) is 47.6 Å². The number of hydrogen-bond acceptors (Lipinski definition) is 3. The molecule has 0 aromatic heterocycles. The summed E-state index contributed by atoms with van der Waals surface area (Å²) in [5, 5.41) is 0. The molecule has 13 heavy (non-hydrogen) atoms. The van der Waals surface area contributed by atoms with Crippen molar-refractivity contribution in [2.75, 3.05) is 6.61 Å². The third kappa shape index (κ3) is 2.99. The van der Waals surface area contributed by atoms with Gasteiger partial charge in [0.1, 0.15) is 6.61 Å². The molecule has 0 saturated heterocycles. The molecule has 0 fully saturated rings. The van der Waals surface area contributed by atoms with Crippen LogP contribution in [0.3, 0.4) is 0 Å². The predicted octanol–water partition coefficient (Wildman–Crippen LogP) is 1.57. The Hall–Kier alpha value is -0.570. The van der Waals surface area contributed by atoms with Crippen molar-refractivity contribution in [3.8, 4) is 0 Å². The molecule has 1 rings (SSSR count). The quantitative estimate of drug-likeness (QED) is 0.723. The number of ether oxygens (including phenoxy) is 1. The van der Waals surface area contributed by atoms with Crippen molar-refractivity contribution < 1.29 is 4.74 Å². The first-order valence-corrected chi connectivity index (χ1v) is 4.89. The van der Waals surface area contributed by atoms with Crippen molar-refractivity contribution in [2.24, 2.45) is 16.6 Å². The fourth-order valence-electron chi connectivity index (χ4n) is 1.41. The number of rotatable bonds is 3. The summed E-state index contributed by atoms with van der Waals surface area (Å²) in [5.41, 5.74) is 5.87. The maximum absolute atomic E-state index is 5.95. The summed E-state index contributed by atoms with van der Waals surface area (Å²) in [6.45, 7) is 9.08. The van der Waals surface area contributed by atoms with E-state index >= 15 is 0 Å². The van der Waals surface area contributed by atoms with Gasteiger partial charge in [0.25, 0.3) is 0 Å². The molecule has 0 amide bonds. The lowest BCUT2D eigenvalue weighted by Crippen LogP contribution is -2.32. The third-order valence-corrected chi connectivity index (χ3v) is 2.03. The average molecular weight is 184 g/mol. The van der Waals surface area contributed by atoms with E-state index in [1.807, 2.05) is 0 Å². The predicted molar refractivity (Wildman–Crippen MR) is 54.9 cm³/mol. The third-order valence-electron chi connectivity index (χ3n) is 2.03. The molecule has 3 heteroatoms. The fraction of sp³-hybridized carbons (Fsp3) is 0.900. The Morgan fingerprint density at radius 1 is 1.54 bits per heavy atom. The van der Waals surface area contributed by atoms with E-state index < -0.39 is 0 Å². The molecule has 1 atom stereocenters. The summed E-state index contributed by atoms with van der Waals surface area (Å²) in [5.74, 6) is 1.32. The number of hydrogen-bond donors (Lipinski definition) is 1. The van der Waals surface area contributed by atoms with Crippen LogP contribution >= 0.6 is 0 Å². The van der Waals surface area contributed by atoms with Crippen molar-refractivity contribution in [2.45, 2.75) is 45.7 Å². The average Bonchev–Trinajstić information content (AvgIpc) is 2.28. The van der Waals surface area contributed by atoms with Crippen molar-refractivity contribution in [1.29, 1.82) is 0 Å².